The van der Waals surface area contributed by atoms with Crippen molar-refractivity contribution in [3.8, 4) is 17.9 Å². The van der Waals surface area contributed by atoms with Crippen LogP contribution in [0, 0.1) is 34.3 Å². The first-order valence-electron chi connectivity index (χ1n) is 3.24. The highest BCUT2D eigenvalue weighted by molar-refractivity contribution is 6.32. The van der Waals surface area contributed by atoms with Gasteiger partial charge >= 0.3 is 0 Å². The average molecular weight is 215 g/mol. The summed E-state index contributed by atoms with van der Waals surface area (Å²) in [4.78, 5) is 0. The molecule has 6 heteroatoms. The summed E-state index contributed by atoms with van der Waals surface area (Å²) in [6, 6.07) is 2.49. The molecule has 0 radical (unpaired) electrons. The van der Waals surface area contributed by atoms with Crippen molar-refractivity contribution in [3.63, 3.8) is 0 Å². The van der Waals surface area contributed by atoms with E-state index in [1.165, 1.54) is 12.1 Å². The van der Waals surface area contributed by atoms with Gasteiger partial charge in [0.25, 0.3) is 0 Å². The van der Waals surface area contributed by atoms with Crippen LogP contribution in [0.25, 0.3) is 0 Å². The quantitative estimate of drug-likeness (QED) is 0.672. The normalized spacial score (nSPS) is 9.21. The summed E-state index contributed by atoms with van der Waals surface area (Å²) in [6.45, 7) is 0. The highest BCUT2D eigenvalue weighted by atomic mass is 35.5. The fourth-order valence-corrected chi connectivity index (χ4v) is 1.04. The van der Waals surface area contributed by atoms with Crippen molar-refractivity contribution in [2.24, 2.45) is 0 Å². The molecule has 1 aromatic rings. The lowest BCUT2D eigenvalue weighted by atomic mass is 10.1. The second kappa shape index (κ2) is 3.49. The van der Waals surface area contributed by atoms with Crippen molar-refractivity contribution in [2.45, 2.75) is 0 Å². The van der Waals surface area contributed by atoms with Crippen LogP contribution >= 0.6 is 11.6 Å². The van der Waals surface area contributed by atoms with Crippen LogP contribution < -0.4 is 0 Å². The van der Waals surface area contributed by atoms with Crippen LogP contribution in [-0.2, 0) is 0 Å². The van der Waals surface area contributed by atoms with Crippen LogP contribution in [-0.4, -0.2) is 5.11 Å². The fourth-order valence-electron chi connectivity index (χ4n) is 0.849. The lowest BCUT2D eigenvalue weighted by Gasteiger charge is -2.03. The molecule has 0 amide bonds. The Morgan fingerprint density at radius 1 is 1.07 bits per heavy atom. The SMILES string of the molecule is N#Cc1c(O)c(Cl)c(F)c(C#N)c1F. The van der Waals surface area contributed by atoms with Crippen molar-refractivity contribution in [2.75, 3.05) is 0 Å². The summed E-state index contributed by atoms with van der Waals surface area (Å²) in [5, 5.41) is 25.0. The van der Waals surface area contributed by atoms with Crippen molar-refractivity contribution >= 4 is 11.6 Å². The zero-order chi connectivity index (χ0) is 10.9. The third kappa shape index (κ3) is 1.24. The van der Waals surface area contributed by atoms with E-state index in [0.717, 1.165) is 0 Å². The zero-order valence-electron chi connectivity index (χ0n) is 6.48. The van der Waals surface area contributed by atoms with Gasteiger partial charge in [-0.25, -0.2) is 8.78 Å². The minimum absolute atomic E-state index is 0.834. The maximum atomic E-state index is 13.1. The Morgan fingerprint density at radius 3 is 2.00 bits per heavy atom. The maximum absolute atomic E-state index is 13.1. The number of aromatic hydroxyl groups is 1. The summed E-state index contributed by atoms with van der Waals surface area (Å²) in [6.07, 6.45) is 0. The zero-order valence-corrected chi connectivity index (χ0v) is 7.23. The van der Waals surface area contributed by atoms with Crippen LogP contribution in [0.4, 0.5) is 8.78 Å². The Kier molecular flexibility index (Phi) is 2.55. The lowest BCUT2D eigenvalue weighted by molar-refractivity contribution is 0.457. The highest BCUT2D eigenvalue weighted by Crippen LogP contribution is 2.34. The molecule has 0 spiro atoms. The Morgan fingerprint density at radius 2 is 1.57 bits per heavy atom. The van der Waals surface area contributed by atoms with Gasteiger partial charge in [-0.05, 0) is 0 Å². The topological polar surface area (TPSA) is 67.8 Å². The highest BCUT2D eigenvalue weighted by Gasteiger charge is 2.23. The predicted molar refractivity (Wildman–Crippen MR) is 42.5 cm³/mol. The number of halogens is 3. The second-order valence-electron chi connectivity index (χ2n) is 2.26. The standard InChI is InChI=1S/C8HClF2N2O/c9-5-7(11)3(1-12)6(10)4(2-13)8(5)14/h14H. The van der Waals surface area contributed by atoms with Gasteiger partial charge in [0, 0.05) is 0 Å². The molecule has 0 saturated heterocycles. The fraction of sp³-hybridized carbons (Fsp3) is 0. The second-order valence-corrected chi connectivity index (χ2v) is 2.64. The molecule has 0 aliphatic carbocycles. The van der Waals surface area contributed by atoms with E-state index in [9.17, 15) is 8.78 Å². The minimum Gasteiger partial charge on any atom is -0.505 e. The molecular formula is C8HClF2N2O. The van der Waals surface area contributed by atoms with E-state index in [0.29, 0.717) is 0 Å². The van der Waals surface area contributed by atoms with Gasteiger partial charge in [0.2, 0.25) is 0 Å². The molecule has 0 heterocycles. The van der Waals surface area contributed by atoms with Crippen LogP contribution in [0.3, 0.4) is 0 Å². The number of rotatable bonds is 0. The van der Waals surface area contributed by atoms with Gasteiger partial charge in [0.1, 0.15) is 28.3 Å². The number of nitrogens with zero attached hydrogens (tertiary/aromatic N) is 2. The Balaban J connectivity index is 3.78. The molecule has 0 aliphatic heterocycles. The van der Waals surface area contributed by atoms with E-state index < -0.39 is 33.5 Å². The molecular weight excluding hydrogens is 214 g/mol. The van der Waals surface area contributed by atoms with Gasteiger partial charge in [-0.15, -0.1) is 0 Å². The molecule has 0 unspecified atom stereocenters. The van der Waals surface area contributed by atoms with Gasteiger partial charge in [-0.3, -0.25) is 0 Å². The molecule has 1 rings (SSSR count). The van der Waals surface area contributed by atoms with Gasteiger partial charge in [-0.1, -0.05) is 11.6 Å². The van der Waals surface area contributed by atoms with Gasteiger partial charge in [0.15, 0.2) is 17.4 Å². The number of hydrogen-bond donors (Lipinski definition) is 1. The van der Waals surface area contributed by atoms with E-state index in [1.54, 1.807) is 0 Å². The first kappa shape index (κ1) is 10.2. The number of hydrogen-bond acceptors (Lipinski definition) is 3. The van der Waals surface area contributed by atoms with Crippen LogP contribution in [0.2, 0.25) is 5.02 Å². The van der Waals surface area contributed by atoms with Crippen molar-refractivity contribution in [3.05, 3.63) is 27.8 Å². The molecule has 0 atom stereocenters. The third-order valence-corrected chi connectivity index (χ3v) is 1.86. The molecule has 0 aliphatic rings. The Bertz CT molecular complexity index is 447. The molecule has 0 fully saturated rings. The Hall–Kier alpha value is -1.85. The van der Waals surface area contributed by atoms with E-state index >= 15 is 0 Å². The average Bonchev–Trinajstić information content (AvgIpc) is 2.16. The number of benzene rings is 1. The first-order valence-corrected chi connectivity index (χ1v) is 3.62. The van der Waals surface area contributed by atoms with E-state index in [2.05, 4.69) is 0 Å². The largest absolute Gasteiger partial charge is 0.505 e. The molecule has 3 nitrogen and oxygen atoms in total. The number of nitriles is 2. The van der Waals surface area contributed by atoms with Crippen LogP contribution in [0.1, 0.15) is 11.1 Å². The number of phenolic OH excluding ortho intramolecular Hbond substituents is 1. The van der Waals surface area contributed by atoms with E-state index in [4.69, 9.17) is 27.2 Å². The molecule has 14 heavy (non-hydrogen) atoms. The minimum atomic E-state index is -1.41. The molecule has 0 bridgehead atoms. The summed E-state index contributed by atoms with van der Waals surface area (Å²) < 4.78 is 26.0. The number of phenols is 1. The molecule has 0 aromatic heterocycles. The third-order valence-electron chi connectivity index (χ3n) is 1.52. The van der Waals surface area contributed by atoms with Gasteiger partial charge < -0.3 is 5.11 Å². The molecule has 0 saturated carbocycles. The summed E-state index contributed by atoms with van der Waals surface area (Å²) in [5.41, 5.74) is -1.82. The summed E-state index contributed by atoms with van der Waals surface area (Å²) in [7, 11) is 0. The van der Waals surface area contributed by atoms with E-state index in [1.807, 2.05) is 0 Å². The summed E-state index contributed by atoms with van der Waals surface area (Å²) >= 11 is 5.22. The predicted octanol–water partition coefficient (Wildman–Crippen LogP) is 2.07. The first-order chi connectivity index (χ1) is 6.54. The van der Waals surface area contributed by atoms with Gasteiger partial charge in [-0.2, -0.15) is 10.5 Å². The molecule has 1 aromatic carbocycles. The van der Waals surface area contributed by atoms with Crippen LogP contribution in [0.5, 0.6) is 5.75 Å². The van der Waals surface area contributed by atoms with Crippen molar-refractivity contribution in [1.82, 2.24) is 0 Å². The summed E-state index contributed by atoms with van der Waals surface area (Å²) in [5.74, 6) is -3.78. The van der Waals surface area contributed by atoms with Crippen molar-refractivity contribution in [1.29, 1.82) is 10.5 Å². The van der Waals surface area contributed by atoms with Crippen molar-refractivity contribution < 1.29 is 13.9 Å². The Labute approximate surface area is 82.4 Å². The maximum Gasteiger partial charge on any atom is 0.166 e. The van der Waals surface area contributed by atoms with E-state index in [-0.39, 0.29) is 0 Å². The van der Waals surface area contributed by atoms with Gasteiger partial charge in [0.05, 0.1) is 0 Å². The van der Waals surface area contributed by atoms with Crippen LogP contribution in [0.15, 0.2) is 0 Å². The monoisotopic (exact) mass is 214 g/mol. The smallest absolute Gasteiger partial charge is 0.166 e. The molecule has 1 N–H and O–H groups in total. The lowest BCUT2D eigenvalue weighted by Crippen LogP contribution is -1.96. The molecule has 70 valence electrons.